The van der Waals surface area contributed by atoms with Gasteiger partial charge in [0.05, 0.1) is 0 Å². The first kappa shape index (κ1) is 9.74. The van der Waals surface area contributed by atoms with Gasteiger partial charge in [-0.3, -0.25) is 0 Å². The van der Waals surface area contributed by atoms with Gasteiger partial charge in [-0.25, -0.2) is 0 Å². The summed E-state index contributed by atoms with van der Waals surface area (Å²) in [4.78, 5) is 0. The average Bonchev–Trinajstić information content (AvgIpc) is 3.02. The molecule has 2 bridgehead atoms. The third-order valence-corrected chi connectivity index (χ3v) is 6.20. The van der Waals surface area contributed by atoms with Crippen molar-refractivity contribution in [1.82, 2.24) is 0 Å². The van der Waals surface area contributed by atoms with E-state index in [-0.39, 0.29) is 0 Å². The molecule has 0 amide bonds. The van der Waals surface area contributed by atoms with E-state index in [1.807, 2.05) is 11.1 Å². The van der Waals surface area contributed by atoms with Gasteiger partial charge in [-0.2, -0.15) is 0 Å². The summed E-state index contributed by atoms with van der Waals surface area (Å²) in [6.45, 7) is 0. The van der Waals surface area contributed by atoms with Crippen molar-refractivity contribution < 1.29 is 0 Å². The first-order valence-electron chi connectivity index (χ1n) is 7.61. The number of hydrogen-bond donors (Lipinski definition) is 0. The molecule has 0 aromatic rings. The van der Waals surface area contributed by atoms with Crippen LogP contribution in [0.3, 0.4) is 0 Å². The van der Waals surface area contributed by atoms with Crippen LogP contribution in [0.2, 0.25) is 0 Å². The van der Waals surface area contributed by atoms with Crippen molar-refractivity contribution in [3.8, 4) is 0 Å². The highest BCUT2D eigenvalue weighted by molar-refractivity contribution is 5.23. The van der Waals surface area contributed by atoms with Crippen LogP contribution in [-0.2, 0) is 0 Å². The van der Waals surface area contributed by atoms with Gasteiger partial charge in [0.25, 0.3) is 0 Å². The maximum atomic E-state index is 1.95. The standard InChI is InChI=1S/C16H24/c1-2-4-11(5-3-1)14-9-15-12-6-7-13(8-12)16(15)10-14/h12-13,15-16H,1-10H2. The summed E-state index contributed by atoms with van der Waals surface area (Å²) in [7, 11) is 0. The summed E-state index contributed by atoms with van der Waals surface area (Å²) < 4.78 is 0. The zero-order chi connectivity index (χ0) is 10.5. The van der Waals surface area contributed by atoms with Crippen molar-refractivity contribution in [2.75, 3.05) is 0 Å². The molecule has 88 valence electrons. The third-order valence-electron chi connectivity index (χ3n) is 6.20. The van der Waals surface area contributed by atoms with Crippen LogP contribution in [0.15, 0.2) is 11.1 Å². The van der Waals surface area contributed by atoms with Gasteiger partial charge in [0.15, 0.2) is 0 Å². The lowest BCUT2D eigenvalue weighted by atomic mass is 9.82. The average molecular weight is 216 g/mol. The Morgan fingerprint density at radius 1 is 0.688 bits per heavy atom. The van der Waals surface area contributed by atoms with Gasteiger partial charge in [-0.15, -0.1) is 0 Å². The van der Waals surface area contributed by atoms with Crippen molar-refractivity contribution in [2.24, 2.45) is 23.7 Å². The molecule has 4 aliphatic carbocycles. The molecular weight excluding hydrogens is 192 g/mol. The minimum Gasteiger partial charge on any atom is -0.0710 e. The zero-order valence-corrected chi connectivity index (χ0v) is 10.4. The highest BCUT2D eigenvalue weighted by atomic mass is 14.6. The maximum absolute atomic E-state index is 1.95. The monoisotopic (exact) mass is 216 g/mol. The van der Waals surface area contributed by atoms with Crippen LogP contribution in [-0.4, -0.2) is 0 Å². The van der Waals surface area contributed by atoms with Gasteiger partial charge in [-0.05, 0) is 81.5 Å². The minimum atomic E-state index is 1.14. The molecule has 4 aliphatic rings. The zero-order valence-electron chi connectivity index (χ0n) is 10.4. The first-order valence-corrected chi connectivity index (χ1v) is 7.61. The molecule has 0 aromatic heterocycles. The molecule has 4 unspecified atom stereocenters. The van der Waals surface area contributed by atoms with E-state index in [1.54, 1.807) is 19.3 Å². The minimum absolute atomic E-state index is 1.14. The van der Waals surface area contributed by atoms with Crippen molar-refractivity contribution in [3.63, 3.8) is 0 Å². The summed E-state index contributed by atoms with van der Waals surface area (Å²) in [5, 5.41) is 0. The third kappa shape index (κ3) is 1.34. The van der Waals surface area contributed by atoms with Gasteiger partial charge in [0, 0.05) is 0 Å². The molecule has 16 heavy (non-hydrogen) atoms. The molecule has 0 saturated heterocycles. The van der Waals surface area contributed by atoms with Gasteiger partial charge in [0.2, 0.25) is 0 Å². The Bertz CT molecular complexity index is 297. The van der Waals surface area contributed by atoms with E-state index in [0.717, 1.165) is 23.7 Å². The van der Waals surface area contributed by atoms with Gasteiger partial charge in [0.1, 0.15) is 0 Å². The van der Waals surface area contributed by atoms with Crippen molar-refractivity contribution in [3.05, 3.63) is 11.1 Å². The van der Waals surface area contributed by atoms with E-state index in [0.29, 0.717) is 0 Å². The summed E-state index contributed by atoms with van der Waals surface area (Å²) in [5.41, 5.74) is 3.87. The molecule has 0 N–H and O–H groups in total. The van der Waals surface area contributed by atoms with Crippen LogP contribution in [0.25, 0.3) is 0 Å². The van der Waals surface area contributed by atoms with Crippen molar-refractivity contribution in [1.29, 1.82) is 0 Å². The molecule has 0 heterocycles. The van der Waals surface area contributed by atoms with E-state index in [4.69, 9.17) is 0 Å². The van der Waals surface area contributed by atoms with E-state index < -0.39 is 0 Å². The summed E-state index contributed by atoms with van der Waals surface area (Å²) in [5.74, 6) is 4.58. The number of allylic oxidation sites excluding steroid dienone is 2. The molecule has 4 rings (SSSR count). The smallest absolute Gasteiger partial charge is 0.0283 e. The van der Waals surface area contributed by atoms with Crippen LogP contribution in [0.4, 0.5) is 0 Å². The van der Waals surface area contributed by atoms with Crippen molar-refractivity contribution in [2.45, 2.75) is 64.2 Å². The molecule has 0 spiro atoms. The van der Waals surface area contributed by atoms with Gasteiger partial charge in [-0.1, -0.05) is 17.6 Å². The SMILES string of the molecule is C1CCC(=C2CC3C4CCC(C4)C3C2)CC1. The van der Waals surface area contributed by atoms with E-state index in [1.165, 1.54) is 44.9 Å². The van der Waals surface area contributed by atoms with Crippen LogP contribution in [0.5, 0.6) is 0 Å². The topological polar surface area (TPSA) is 0 Å². The van der Waals surface area contributed by atoms with Gasteiger partial charge >= 0.3 is 0 Å². The fourth-order valence-electron chi connectivity index (χ4n) is 5.44. The number of hydrogen-bond acceptors (Lipinski definition) is 0. The predicted octanol–water partition coefficient (Wildman–Crippen LogP) is 4.70. The molecule has 0 aliphatic heterocycles. The second kappa shape index (κ2) is 3.62. The van der Waals surface area contributed by atoms with E-state index in [2.05, 4.69) is 0 Å². The summed E-state index contributed by atoms with van der Waals surface area (Å²) in [6, 6.07) is 0. The molecular formula is C16H24. The van der Waals surface area contributed by atoms with Crippen LogP contribution < -0.4 is 0 Å². The Kier molecular flexibility index (Phi) is 2.20. The Hall–Kier alpha value is -0.260. The molecule has 4 atom stereocenters. The lowest BCUT2D eigenvalue weighted by Gasteiger charge is -2.23. The highest BCUT2D eigenvalue weighted by Gasteiger charge is 2.50. The van der Waals surface area contributed by atoms with Gasteiger partial charge < -0.3 is 0 Å². The molecule has 0 radical (unpaired) electrons. The van der Waals surface area contributed by atoms with Crippen LogP contribution in [0.1, 0.15) is 64.2 Å². The quantitative estimate of drug-likeness (QED) is 0.515. The van der Waals surface area contributed by atoms with E-state index >= 15 is 0 Å². The second-order valence-electron chi connectivity index (χ2n) is 6.84. The second-order valence-corrected chi connectivity index (χ2v) is 6.84. The lowest BCUT2D eigenvalue weighted by Crippen LogP contribution is -2.15. The predicted molar refractivity (Wildman–Crippen MR) is 67.2 cm³/mol. The Balaban J connectivity index is 1.57. The Morgan fingerprint density at radius 2 is 1.31 bits per heavy atom. The van der Waals surface area contributed by atoms with Crippen LogP contribution >= 0.6 is 0 Å². The number of fused-ring (bicyclic) bond motifs is 5. The Labute approximate surface area is 99.5 Å². The molecule has 0 aromatic carbocycles. The highest BCUT2D eigenvalue weighted by Crippen LogP contribution is 2.60. The number of rotatable bonds is 0. The maximum Gasteiger partial charge on any atom is -0.0283 e. The fourth-order valence-corrected chi connectivity index (χ4v) is 5.44. The van der Waals surface area contributed by atoms with E-state index in [9.17, 15) is 0 Å². The molecule has 0 heteroatoms. The Morgan fingerprint density at radius 3 is 1.94 bits per heavy atom. The molecule has 4 fully saturated rings. The lowest BCUT2D eigenvalue weighted by molar-refractivity contribution is 0.259. The molecule has 4 saturated carbocycles. The van der Waals surface area contributed by atoms with Crippen LogP contribution in [0, 0.1) is 23.7 Å². The molecule has 0 nitrogen and oxygen atoms in total. The summed E-state index contributed by atoms with van der Waals surface area (Å²) >= 11 is 0. The largest absolute Gasteiger partial charge is 0.0710 e. The normalized spacial score (nSPS) is 46.5. The fraction of sp³-hybridized carbons (Fsp3) is 0.875. The first-order chi connectivity index (χ1) is 7.92. The van der Waals surface area contributed by atoms with Crippen molar-refractivity contribution >= 4 is 0 Å². The summed E-state index contributed by atoms with van der Waals surface area (Å²) in [6.07, 6.45) is 15.2.